The van der Waals surface area contributed by atoms with E-state index in [1.54, 1.807) is 21.7 Å². The van der Waals surface area contributed by atoms with Gasteiger partial charge in [-0.2, -0.15) is 15.6 Å². The number of aliphatic imine (C=N–C) groups is 1. The number of allylic oxidation sites excluding steroid dienone is 1. The third kappa shape index (κ3) is 6.62. The summed E-state index contributed by atoms with van der Waals surface area (Å²) < 4.78 is 7.20. The van der Waals surface area contributed by atoms with E-state index in [1.165, 1.54) is 17.5 Å². The molecule has 3 aromatic heterocycles. The molecule has 40 heavy (non-hydrogen) atoms. The number of ether oxygens (including phenoxy) is 1. The highest BCUT2D eigenvalue weighted by Gasteiger charge is 2.27. The molecule has 0 bridgehead atoms. The highest BCUT2D eigenvalue weighted by Crippen LogP contribution is 2.29. The van der Waals surface area contributed by atoms with Crippen LogP contribution in [0.2, 0.25) is 0 Å². The van der Waals surface area contributed by atoms with Crippen LogP contribution >= 0.6 is 11.3 Å². The highest BCUT2D eigenvalue weighted by molar-refractivity contribution is 7.16. The molecule has 1 aliphatic heterocycles. The van der Waals surface area contributed by atoms with Crippen molar-refractivity contribution in [2.45, 2.75) is 33.3 Å². The van der Waals surface area contributed by atoms with Crippen molar-refractivity contribution < 1.29 is 9.53 Å². The lowest BCUT2D eigenvalue weighted by atomic mass is 10.2. The standard InChI is InChI=1S/C27H30N10O2S/c1-18(30-9-8-28)22(17-31-19(2)23-7-6-21-14-20(15-29)16-32-37(21)23)24-33-34-25(40-24)35-10-12-36(13-11-35)26(38)39-27(3,4)5/h6-7,14,16-17,30H,1,9-13H2,2-5H3/b22-17+,31-19?. The monoisotopic (exact) mass is 558 g/mol. The molecule has 4 heterocycles. The number of nitrogens with one attached hydrogen (secondary N) is 1. The summed E-state index contributed by atoms with van der Waals surface area (Å²) in [4.78, 5) is 20.8. The van der Waals surface area contributed by atoms with Crippen LogP contribution in [0.15, 0.2) is 47.9 Å². The lowest BCUT2D eigenvalue weighted by Gasteiger charge is -2.35. The van der Waals surface area contributed by atoms with Gasteiger partial charge in [0.1, 0.15) is 18.2 Å². The summed E-state index contributed by atoms with van der Waals surface area (Å²) in [5, 5.41) is 35.6. The summed E-state index contributed by atoms with van der Waals surface area (Å²) in [6.45, 7) is 13.8. The van der Waals surface area contributed by atoms with Gasteiger partial charge in [-0.1, -0.05) is 17.9 Å². The molecule has 13 heteroatoms. The van der Waals surface area contributed by atoms with Crippen LogP contribution in [0.25, 0.3) is 11.1 Å². The summed E-state index contributed by atoms with van der Waals surface area (Å²) >= 11 is 1.38. The maximum atomic E-state index is 12.4. The Morgan fingerprint density at radius 1 is 1.25 bits per heavy atom. The predicted molar refractivity (Wildman–Crippen MR) is 153 cm³/mol. The number of amides is 1. The third-order valence-corrected chi connectivity index (χ3v) is 6.96. The molecule has 1 saturated heterocycles. The number of nitriles is 2. The minimum atomic E-state index is -0.542. The van der Waals surface area contributed by atoms with Crippen molar-refractivity contribution in [2.24, 2.45) is 4.99 Å². The summed E-state index contributed by atoms with van der Waals surface area (Å²) in [5.74, 6) is 0. The zero-order valence-corrected chi connectivity index (χ0v) is 23.7. The molecule has 206 valence electrons. The number of fused-ring (bicyclic) bond motifs is 1. The minimum Gasteiger partial charge on any atom is -0.444 e. The van der Waals surface area contributed by atoms with Crippen molar-refractivity contribution in [1.29, 1.82) is 10.5 Å². The van der Waals surface area contributed by atoms with Gasteiger partial charge in [-0.15, -0.1) is 10.2 Å². The Hall–Kier alpha value is -4.75. The van der Waals surface area contributed by atoms with Crippen LogP contribution in [0.4, 0.5) is 9.93 Å². The zero-order chi connectivity index (χ0) is 28.9. The van der Waals surface area contributed by atoms with E-state index in [1.807, 2.05) is 39.8 Å². The fourth-order valence-electron chi connectivity index (χ4n) is 3.92. The number of carbonyl (C=O) groups excluding carboxylic acids is 1. The maximum absolute atomic E-state index is 12.4. The summed E-state index contributed by atoms with van der Waals surface area (Å²) in [7, 11) is 0. The molecule has 4 rings (SSSR count). The van der Waals surface area contributed by atoms with Crippen LogP contribution in [-0.2, 0) is 4.74 Å². The van der Waals surface area contributed by atoms with Crippen molar-refractivity contribution in [3.8, 4) is 12.1 Å². The molecule has 0 spiro atoms. The maximum Gasteiger partial charge on any atom is 0.410 e. The number of aromatic nitrogens is 4. The molecule has 0 aromatic carbocycles. The topological polar surface area (TPSA) is 148 Å². The Bertz CT molecular complexity index is 1560. The van der Waals surface area contributed by atoms with Gasteiger partial charge in [0.05, 0.1) is 40.3 Å². The summed E-state index contributed by atoms with van der Waals surface area (Å²) in [5.41, 5.74) is 3.27. The van der Waals surface area contributed by atoms with E-state index in [2.05, 4.69) is 49.2 Å². The molecular weight excluding hydrogens is 528 g/mol. The first-order chi connectivity index (χ1) is 19.1. The van der Waals surface area contributed by atoms with Crippen LogP contribution in [0.1, 0.15) is 44.0 Å². The van der Waals surface area contributed by atoms with Gasteiger partial charge in [-0.05, 0) is 45.9 Å². The van der Waals surface area contributed by atoms with E-state index in [4.69, 9.17) is 15.3 Å². The fourth-order valence-corrected chi connectivity index (χ4v) is 4.86. The average molecular weight is 559 g/mol. The number of carbonyl (C=O) groups is 1. The van der Waals surface area contributed by atoms with Crippen molar-refractivity contribution in [3.05, 3.63) is 59.1 Å². The van der Waals surface area contributed by atoms with Gasteiger partial charge < -0.3 is 19.9 Å². The third-order valence-electron chi connectivity index (χ3n) is 5.94. The number of hydrogen-bond donors (Lipinski definition) is 1. The van der Waals surface area contributed by atoms with Gasteiger partial charge in [0.25, 0.3) is 0 Å². The van der Waals surface area contributed by atoms with Crippen molar-refractivity contribution in [3.63, 3.8) is 0 Å². The molecule has 0 aliphatic carbocycles. The molecule has 0 radical (unpaired) electrons. The predicted octanol–water partition coefficient (Wildman–Crippen LogP) is 3.59. The molecule has 0 atom stereocenters. The molecule has 0 saturated carbocycles. The van der Waals surface area contributed by atoms with Gasteiger partial charge >= 0.3 is 6.09 Å². The average Bonchev–Trinajstić information content (AvgIpc) is 3.58. The molecule has 1 fully saturated rings. The number of hydrogen-bond acceptors (Lipinski definition) is 11. The molecule has 1 N–H and O–H groups in total. The van der Waals surface area contributed by atoms with E-state index >= 15 is 0 Å². The largest absolute Gasteiger partial charge is 0.444 e. The van der Waals surface area contributed by atoms with E-state index in [-0.39, 0.29) is 12.6 Å². The van der Waals surface area contributed by atoms with Gasteiger partial charge in [-0.3, -0.25) is 4.99 Å². The van der Waals surface area contributed by atoms with Crippen molar-refractivity contribution in [1.82, 2.24) is 30.0 Å². The molecule has 0 unspecified atom stereocenters. The second-order valence-electron chi connectivity index (χ2n) is 10.0. The van der Waals surface area contributed by atoms with Gasteiger partial charge in [0.2, 0.25) is 5.13 Å². The Balaban J connectivity index is 1.54. The minimum absolute atomic E-state index is 0.0750. The molecule has 1 amide bonds. The number of nitrogens with zero attached hydrogens (tertiary/aromatic N) is 9. The van der Waals surface area contributed by atoms with Crippen molar-refractivity contribution in [2.75, 3.05) is 37.6 Å². The Morgan fingerprint density at radius 2 is 2.00 bits per heavy atom. The van der Waals surface area contributed by atoms with Gasteiger partial charge in [-0.25, -0.2) is 9.31 Å². The number of piperazine rings is 1. The lowest BCUT2D eigenvalue weighted by Crippen LogP contribution is -2.50. The number of anilines is 1. The van der Waals surface area contributed by atoms with E-state index in [9.17, 15) is 4.79 Å². The summed E-state index contributed by atoms with van der Waals surface area (Å²) in [6, 6.07) is 9.67. The molecule has 3 aromatic rings. The van der Waals surface area contributed by atoms with Crippen LogP contribution in [0.3, 0.4) is 0 Å². The van der Waals surface area contributed by atoms with Gasteiger partial charge in [0.15, 0.2) is 5.01 Å². The lowest BCUT2D eigenvalue weighted by molar-refractivity contribution is 0.0240. The Labute approximate surface area is 236 Å². The number of rotatable bonds is 7. The Morgan fingerprint density at radius 3 is 2.67 bits per heavy atom. The Kier molecular flexibility index (Phi) is 8.46. The normalized spacial score (nSPS) is 14.6. The van der Waals surface area contributed by atoms with Crippen LogP contribution in [0.5, 0.6) is 0 Å². The molecule has 1 aliphatic rings. The van der Waals surface area contributed by atoms with E-state index < -0.39 is 5.60 Å². The summed E-state index contributed by atoms with van der Waals surface area (Å²) in [6.07, 6.45) is 2.84. The van der Waals surface area contributed by atoms with Crippen LogP contribution in [-0.4, -0.2) is 74.8 Å². The van der Waals surface area contributed by atoms with Gasteiger partial charge in [0, 0.05) is 38.1 Å². The van der Waals surface area contributed by atoms with Crippen molar-refractivity contribution >= 4 is 39.4 Å². The first-order valence-corrected chi connectivity index (χ1v) is 13.4. The second kappa shape index (κ2) is 12.0. The first-order valence-electron chi connectivity index (χ1n) is 12.6. The highest BCUT2D eigenvalue weighted by atomic mass is 32.1. The van der Waals surface area contributed by atoms with Crippen LogP contribution < -0.4 is 10.2 Å². The van der Waals surface area contributed by atoms with Crippen LogP contribution in [0, 0.1) is 22.7 Å². The fraction of sp³-hybridized carbons (Fsp3) is 0.370. The smallest absolute Gasteiger partial charge is 0.410 e. The molecular formula is C27H30N10O2S. The van der Waals surface area contributed by atoms with E-state index in [0.717, 1.165) is 11.2 Å². The second-order valence-corrected chi connectivity index (χ2v) is 11.0. The van der Waals surface area contributed by atoms with E-state index in [0.29, 0.717) is 58.9 Å². The quantitative estimate of drug-likeness (QED) is 0.261. The zero-order valence-electron chi connectivity index (χ0n) is 22.9. The molecule has 12 nitrogen and oxygen atoms in total. The SMILES string of the molecule is C=C(NCC#N)/C(=C\N=C(C)c1ccc2cc(C#N)cnn12)c1nnc(N2CCN(C(=O)OC(C)(C)C)CC2)s1. The first kappa shape index (κ1) is 28.3.